The summed E-state index contributed by atoms with van der Waals surface area (Å²) in [5.74, 6) is -0.235. The third kappa shape index (κ3) is 3.30. The minimum atomic E-state index is -0.494. The van der Waals surface area contributed by atoms with Crippen LogP contribution in [0.2, 0.25) is 0 Å². The number of aromatic nitrogens is 2. The van der Waals surface area contributed by atoms with Gasteiger partial charge in [0.25, 0.3) is 0 Å². The summed E-state index contributed by atoms with van der Waals surface area (Å²) in [5, 5.41) is 10.0. The normalized spacial score (nSPS) is 16.7. The summed E-state index contributed by atoms with van der Waals surface area (Å²) in [7, 11) is 3.22. The highest BCUT2D eigenvalue weighted by molar-refractivity contribution is 5.91. The van der Waals surface area contributed by atoms with Crippen molar-refractivity contribution in [2.75, 3.05) is 14.2 Å². The first kappa shape index (κ1) is 13.5. The average Bonchev–Trinajstić information content (AvgIpc) is 2.93. The molecule has 7 nitrogen and oxygen atoms in total. The van der Waals surface area contributed by atoms with Crippen molar-refractivity contribution in [1.82, 2.24) is 15.0 Å². The van der Waals surface area contributed by atoms with Crippen molar-refractivity contribution in [2.45, 2.75) is 38.1 Å². The minimum Gasteiger partial charge on any atom is -0.464 e. The Morgan fingerprint density at radius 1 is 1.47 bits per heavy atom. The van der Waals surface area contributed by atoms with Gasteiger partial charge < -0.3 is 9.72 Å². The number of carbonyl (C=O) groups excluding carboxylic acids is 1. The molecule has 1 aromatic heterocycles. The maximum absolute atomic E-state index is 11.4. The maximum Gasteiger partial charge on any atom is 0.358 e. The van der Waals surface area contributed by atoms with Gasteiger partial charge in [-0.25, -0.2) is 9.78 Å². The second kappa shape index (κ2) is 6.31. The van der Waals surface area contributed by atoms with E-state index in [1.807, 2.05) is 12.1 Å². The molecule has 19 heavy (non-hydrogen) atoms. The molecular weight excluding hydrogens is 246 g/mol. The van der Waals surface area contributed by atoms with Gasteiger partial charge >= 0.3 is 5.97 Å². The van der Waals surface area contributed by atoms with Crippen molar-refractivity contribution in [2.24, 2.45) is 10.3 Å². The van der Waals surface area contributed by atoms with Crippen LogP contribution in [0, 0.1) is 0 Å². The van der Waals surface area contributed by atoms with E-state index in [-0.39, 0.29) is 11.5 Å². The van der Waals surface area contributed by atoms with Crippen molar-refractivity contribution in [3.05, 3.63) is 12.0 Å². The fourth-order valence-electron chi connectivity index (χ4n) is 2.26. The quantitative estimate of drug-likeness (QED) is 0.515. The lowest BCUT2D eigenvalue weighted by molar-refractivity contribution is 0.0595. The van der Waals surface area contributed by atoms with Gasteiger partial charge in [0.15, 0.2) is 5.69 Å². The molecule has 0 aliphatic heterocycles. The first-order chi connectivity index (χ1) is 9.22. The summed E-state index contributed by atoms with van der Waals surface area (Å²) >= 11 is 0. The van der Waals surface area contributed by atoms with E-state index in [4.69, 9.17) is 0 Å². The first-order valence-electron chi connectivity index (χ1n) is 6.48. The number of hydrogen-bond donors (Lipinski definition) is 1. The zero-order valence-electron chi connectivity index (χ0n) is 11.3. The maximum atomic E-state index is 11.4. The zero-order valence-corrected chi connectivity index (χ0v) is 11.3. The summed E-state index contributed by atoms with van der Waals surface area (Å²) in [4.78, 5) is 18.1. The van der Waals surface area contributed by atoms with E-state index >= 15 is 0 Å². The van der Waals surface area contributed by atoms with Crippen LogP contribution in [0.4, 0.5) is 5.82 Å². The van der Waals surface area contributed by atoms with Crippen molar-refractivity contribution in [3.63, 3.8) is 0 Å². The number of nitrogens with one attached hydrogen (secondary N) is 1. The average molecular weight is 265 g/mol. The number of ether oxygens (including phenoxy) is 1. The van der Waals surface area contributed by atoms with E-state index in [9.17, 15) is 4.79 Å². The highest BCUT2D eigenvalue weighted by Crippen LogP contribution is 2.23. The Balaban J connectivity index is 2.01. The number of hydrogen-bond acceptors (Lipinski definition) is 5. The van der Waals surface area contributed by atoms with Crippen molar-refractivity contribution in [3.8, 4) is 0 Å². The molecule has 0 amide bonds. The lowest BCUT2D eigenvalue weighted by atomic mass is 9.95. The van der Waals surface area contributed by atoms with Crippen LogP contribution in [0.25, 0.3) is 0 Å². The van der Waals surface area contributed by atoms with Crippen LogP contribution in [0.15, 0.2) is 16.7 Å². The summed E-state index contributed by atoms with van der Waals surface area (Å²) in [6, 6.07) is 0.429. The predicted octanol–water partition coefficient (Wildman–Crippen LogP) is 2.46. The van der Waals surface area contributed by atoms with Gasteiger partial charge in [-0.1, -0.05) is 24.5 Å². The first-order valence-corrected chi connectivity index (χ1v) is 6.48. The van der Waals surface area contributed by atoms with E-state index in [0.717, 1.165) is 12.8 Å². The second-order valence-corrected chi connectivity index (χ2v) is 4.65. The molecule has 0 bridgehead atoms. The van der Waals surface area contributed by atoms with Crippen molar-refractivity contribution in [1.29, 1.82) is 0 Å². The predicted molar refractivity (Wildman–Crippen MR) is 69.1 cm³/mol. The molecule has 1 heterocycles. The fraction of sp³-hybridized carbons (Fsp3) is 0.667. The van der Waals surface area contributed by atoms with Crippen molar-refractivity contribution < 1.29 is 9.53 Å². The van der Waals surface area contributed by atoms with E-state index in [1.165, 1.54) is 32.7 Å². The van der Waals surface area contributed by atoms with E-state index in [2.05, 4.69) is 25.0 Å². The van der Waals surface area contributed by atoms with Crippen LogP contribution in [0.1, 0.15) is 42.6 Å². The Hall–Kier alpha value is -1.92. The van der Waals surface area contributed by atoms with Gasteiger partial charge in [-0.3, -0.25) is 5.01 Å². The van der Waals surface area contributed by atoms with Gasteiger partial charge in [-0.05, 0) is 12.8 Å². The molecule has 0 unspecified atom stereocenters. The van der Waals surface area contributed by atoms with Gasteiger partial charge in [-0.2, -0.15) is 0 Å². The molecule has 1 aliphatic carbocycles. The van der Waals surface area contributed by atoms with Gasteiger partial charge in [0.2, 0.25) is 5.82 Å². The molecule has 1 saturated carbocycles. The Labute approximate surface area is 112 Å². The number of nitrogens with zero attached hydrogens (tertiary/aromatic N) is 4. The van der Waals surface area contributed by atoms with E-state index < -0.39 is 5.97 Å². The van der Waals surface area contributed by atoms with Gasteiger partial charge in [0.1, 0.15) is 0 Å². The number of carbonyl (C=O) groups is 1. The van der Waals surface area contributed by atoms with Crippen LogP contribution in [0.5, 0.6) is 0 Å². The molecule has 0 aromatic carbocycles. The zero-order chi connectivity index (χ0) is 13.7. The molecule has 0 saturated heterocycles. The van der Waals surface area contributed by atoms with Crippen LogP contribution in [-0.2, 0) is 4.74 Å². The number of imidazole rings is 1. The molecule has 1 fully saturated rings. The van der Waals surface area contributed by atoms with Crippen LogP contribution >= 0.6 is 0 Å². The fourth-order valence-corrected chi connectivity index (χ4v) is 2.26. The summed E-state index contributed by atoms with van der Waals surface area (Å²) in [5.41, 5.74) is 0.225. The summed E-state index contributed by atoms with van der Waals surface area (Å²) < 4.78 is 4.63. The Morgan fingerprint density at radius 2 is 2.21 bits per heavy atom. The van der Waals surface area contributed by atoms with E-state index in [0.29, 0.717) is 6.04 Å². The van der Waals surface area contributed by atoms with Gasteiger partial charge in [-0.15, -0.1) is 5.11 Å². The molecule has 7 heteroatoms. The van der Waals surface area contributed by atoms with Crippen molar-refractivity contribution >= 4 is 11.8 Å². The lowest BCUT2D eigenvalue weighted by Gasteiger charge is -2.27. The Morgan fingerprint density at radius 3 is 2.89 bits per heavy atom. The summed E-state index contributed by atoms with van der Waals surface area (Å²) in [6.45, 7) is 0. The largest absolute Gasteiger partial charge is 0.464 e. The smallest absolute Gasteiger partial charge is 0.358 e. The van der Waals surface area contributed by atoms with Gasteiger partial charge in [0, 0.05) is 13.1 Å². The van der Waals surface area contributed by atoms with E-state index in [1.54, 1.807) is 0 Å². The van der Waals surface area contributed by atoms with Gasteiger partial charge in [0.05, 0.1) is 13.4 Å². The molecule has 0 spiro atoms. The Bertz CT molecular complexity index is 451. The minimum absolute atomic E-state index is 0.225. The summed E-state index contributed by atoms with van der Waals surface area (Å²) in [6.07, 6.45) is 7.45. The number of H-pyrrole nitrogens is 1. The molecule has 1 aromatic rings. The number of aromatic amines is 1. The number of esters is 1. The third-order valence-electron chi connectivity index (χ3n) is 3.39. The SMILES string of the molecule is COC(=O)c1[nH]cnc1N=NN(C)C1CCCCC1. The van der Waals surface area contributed by atoms with Crippen LogP contribution in [-0.4, -0.2) is 41.1 Å². The van der Waals surface area contributed by atoms with Crippen LogP contribution < -0.4 is 0 Å². The molecule has 0 radical (unpaired) electrons. The highest BCUT2D eigenvalue weighted by Gasteiger charge is 2.18. The monoisotopic (exact) mass is 265 g/mol. The number of rotatable bonds is 4. The Kier molecular flexibility index (Phi) is 4.48. The van der Waals surface area contributed by atoms with Crippen LogP contribution in [0.3, 0.4) is 0 Å². The molecule has 1 aliphatic rings. The topological polar surface area (TPSA) is 82.9 Å². The molecule has 104 valence electrons. The molecule has 0 atom stereocenters. The lowest BCUT2D eigenvalue weighted by Crippen LogP contribution is -2.28. The third-order valence-corrected chi connectivity index (χ3v) is 3.39. The molecular formula is C12H19N5O2. The second-order valence-electron chi connectivity index (χ2n) is 4.65. The number of methoxy groups -OCH3 is 1. The molecule has 2 rings (SSSR count). The molecule has 1 N–H and O–H groups in total. The standard InChI is InChI=1S/C12H19N5O2/c1-17(9-6-4-3-5-7-9)16-15-11-10(12(18)19-2)13-8-14-11/h8-9H,3-7H2,1-2H3,(H,13,14). The highest BCUT2D eigenvalue weighted by atomic mass is 16.5.